The molecule has 0 saturated carbocycles. The van der Waals surface area contributed by atoms with Crippen molar-refractivity contribution < 1.29 is 18.0 Å². The van der Waals surface area contributed by atoms with Crippen LogP contribution in [0.3, 0.4) is 0 Å². The number of amides is 1. The van der Waals surface area contributed by atoms with Gasteiger partial charge in [0, 0.05) is 37.7 Å². The number of hydrogen-bond acceptors (Lipinski definition) is 3. The van der Waals surface area contributed by atoms with Gasteiger partial charge in [0.05, 0.1) is 12.1 Å². The molecule has 0 bridgehead atoms. The summed E-state index contributed by atoms with van der Waals surface area (Å²) in [6.45, 7) is 3.22. The second kappa shape index (κ2) is 8.89. The minimum Gasteiger partial charge on any atom is -0.339 e. The van der Waals surface area contributed by atoms with E-state index < -0.39 is 11.7 Å². The highest BCUT2D eigenvalue weighted by Gasteiger charge is 2.31. The lowest BCUT2D eigenvalue weighted by atomic mass is 10.1. The summed E-state index contributed by atoms with van der Waals surface area (Å²) in [5.41, 5.74) is -0.345. The van der Waals surface area contributed by atoms with Gasteiger partial charge in [0.15, 0.2) is 0 Å². The van der Waals surface area contributed by atoms with Crippen LogP contribution >= 0.6 is 24.0 Å². The zero-order valence-electron chi connectivity index (χ0n) is 13.2. The molecule has 0 atom stereocenters. The topological polar surface area (TPSA) is 35.6 Å². The summed E-state index contributed by atoms with van der Waals surface area (Å²) in [4.78, 5) is 15.6. The predicted molar refractivity (Wildman–Crippen MR) is 89.5 cm³/mol. The summed E-state index contributed by atoms with van der Waals surface area (Å²) >= 11 is 5.77. The molecule has 0 radical (unpaired) electrons. The maximum absolute atomic E-state index is 12.8. The Labute approximate surface area is 150 Å². The standard InChI is InChI=1S/C15H19ClF3N3O.ClH/c1-21(10-14(23)22-4-2-20-3-5-22)9-11-6-12(15(17,18)19)8-13(16)7-11;/h6-8,20H,2-5,9-10H2,1H3;1H. The predicted octanol–water partition coefficient (Wildman–Crippen LogP) is 2.64. The maximum atomic E-state index is 12.8. The number of carbonyl (C=O) groups is 1. The molecule has 0 aromatic heterocycles. The fourth-order valence-corrected chi connectivity index (χ4v) is 2.78. The van der Waals surface area contributed by atoms with Gasteiger partial charge >= 0.3 is 6.18 Å². The smallest absolute Gasteiger partial charge is 0.339 e. The monoisotopic (exact) mass is 385 g/mol. The van der Waals surface area contributed by atoms with Crippen molar-refractivity contribution in [3.05, 3.63) is 34.3 Å². The average molecular weight is 386 g/mol. The van der Waals surface area contributed by atoms with Crippen LogP contribution in [-0.4, -0.2) is 55.5 Å². The molecule has 24 heavy (non-hydrogen) atoms. The SMILES string of the molecule is CN(CC(=O)N1CCNCC1)Cc1cc(Cl)cc(C(F)(F)F)c1.Cl. The Hall–Kier alpha value is -1.02. The van der Waals surface area contributed by atoms with Crippen molar-refractivity contribution in [2.75, 3.05) is 39.8 Å². The van der Waals surface area contributed by atoms with Gasteiger partial charge in [-0.15, -0.1) is 12.4 Å². The average Bonchev–Trinajstić information content (AvgIpc) is 2.46. The van der Waals surface area contributed by atoms with Gasteiger partial charge in [-0.3, -0.25) is 9.69 Å². The molecule has 1 heterocycles. The lowest BCUT2D eigenvalue weighted by Crippen LogP contribution is -2.49. The Morgan fingerprint density at radius 1 is 1.29 bits per heavy atom. The number of nitrogens with one attached hydrogen (secondary N) is 1. The Balaban J connectivity index is 0.00000288. The molecule has 1 saturated heterocycles. The molecule has 1 aromatic carbocycles. The molecule has 1 fully saturated rings. The summed E-state index contributed by atoms with van der Waals surface area (Å²) in [6, 6.07) is 3.46. The number of hydrogen-bond donors (Lipinski definition) is 1. The van der Waals surface area contributed by atoms with E-state index in [1.165, 1.54) is 6.07 Å². The fourth-order valence-electron chi connectivity index (χ4n) is 2.52. The highest BCUT2D eigenvalue weighted by molar-refractivity contribution is 6.30. The highest BCUT2D eigenvalue weighted by Crippen LogP contribution is 2.32. The van der Waals surface area contributed by atoms with Gasteiger partial charge in [0.2, 0.25) is 5.91 Å². The summed E-state index contributed by atoms with van der Waals surface area (Å²) in [5.74, 6) is -0.0212. The third-order valence-corrected chi connectivity index (χ3v) is 3.83. The Morgan fingerprint density at radius 2 is 1.92 bits per heavy atom. The number of rotatable bonds is 4. The van der Waals surface area contributed by atoms with Crippen LogP contribution in [0.4, 0.5) is 13.2 Å². The van der Waals surface area contributed by atoms with Crippen molar-refractivity contribution in [3.8, 4) is 0 Å². The summed E-state index contributed by atoms with van der Waals surface area (Å²) in [7, 11) is 1.70. The van der Waals surface area contributed by atoms with Crippen LogP contribution in [0, 0.1) is 0 Å². The third-order valence-electron chi connectivity index (χ3n) is 3.61. The molecule has 0 spiro atoms. The third kappa shape index (κ3) is 6.12. The second-order valence-corrected chi connectivity index (χ2v) is 6.09. The molecule has 4 nitrogen and oxygen atoms in total. The van der Waals surface area contributed by atoms with E-state index in [0.29, 0.717) is 18.7 Å². The number of alkyl halides is 3. The van der Waals surface area contributed by atoms with Crippen LogP contribution in [0.25, 0.3) is 0 Å². The van der Waals surface area contributed by atoms with E-state index in [9.17, 15) is 18.0 Å². The first kappa shape index (κ1) is 21.0. The van der Waals surface area contributed by atoms with Crippen LogP contribution in [0.5, 0.6) is 0 Å². The quantitative estimate of drug-likeness (QED) is 0.865. The summed E-state index contributed by atoms with van der Waals surface area (Å²) in [5, 5.41) is 3.20. The molecule has 1 amide bonds. The van der Waals surface area contributed by atoms with Crippen molar-refractivity contribution in [2.45, 2.75) is 12.7 Å². The number of carbonyl (C=O) groups excluding carboxylic acids is 1. The highest BCUT2D eigenvalue weighted by atomic mass is 35.5. The van der Waals surface area contributed by atoms with Gasteiger partial charge in [-0.25, -0.2) is 0 Å². The maximum Gasteiger partial charge on any atom is 0.416 e. The van der Waals surface area contributed by atoms with E-state index in [0.717, 1.165) is 25.2 Å². The Kier molecular flexibility index (Phi) is 7.79. The molecular formula is C15H20Cl2F3N3O. The zero-order chi connectivity index (χ0) is 17.0. The largest absolute Gasteiger partial charge is 0.416 e. The lowest BCUT2D eigenvalue weighted by molar-refractivity contribution is -0.137. The van der Waals surface area contributed by atoms with E-state index in [4.69, 9.17) is 11.6 Å². The first-order chi connectivity index (χ1) is 10.8. The molecule has 1 aliphatic rings. The molecule has 2 rings (SSSR count). The van der Waals surface area contributed by atoms with Crippen molar-refractivity contribution in [2.24, 2.45) is 0 Å². The minimum atomic E-state index is -4.44. The normalized spacial score (nSPS) is 15.3. The van der Waals surface area contributed by atoms with Crippen molar-refractivity contribution in [1.29, 1.82) is 0 Å². The number of halogens is 5. The summed E-state index contributed by atoms with van der Waals surface area (Å²) in [6.07, 6.45) is -4.44. The van der Waals surface area contributed by atoms with Crippen molar-refractivity contribution >= 4 is 29.9 Å². The molecule has 1 aliphatic heterocycles. The number of nitrogens with zero attached hydrogens (tertiary/aromatic N) is 2. The lowest BCUT2D eigenvalue weighted by Gasteiger charge is -2.29. The Bertz CT molecular complexity index is 563. The minimum absolute atomic E-state index is 0. The van der Waals surface area contributed by atoms with Gasteiger partial charge in [0.1, 0.15) is 0 Å². The molecule has 1 N–H and O–H groups in total. The van der Waals surface area contributed by atoms with Gasteiger partial charge < -0.3 is 10.2 Å². The fraction of sp³-hybridized carbons (Fsp3) is 0.533. The van der Waals surface area contributed by atoms with Gasteiger partial charge in [-0.2, -0.15) is 13.2 Å². The van der Waals surface area contributed by atoms with Gasteiger partial charge in [-0.1, -0.05) is 11.6 Å². The molecule has 136 valence electrons. The van der Waals surface area contributed by atoms with E-state index >= 15 is 0 Å². The molecule has 1 aromatic rings. The van der Waals surface area contributed by atoms with Crippen LogP contribution in [0.1, 0.15) is 11.1 Å². The first-order valence-corrected chi connectivity index (χ1v) is 7.67. The van der Waals surface area contributed by atoms with Crippen molar-refractivity contribution in [3.63, 3.8) is 0 Å². The number of likely N-dealkylation sites (N-methyl/N-ethyl adjacent to an activating group) is 1. The van der Waals surface area contributed by atoms with E-state index in [2.05, 4.69) is 5.32 Å². The zero-order valence-corrected chi connectivity index (χ0v) is 14.8. The Morgan fingerprint density at radius 3 is 2.50 bits per heavy atom. The van der Waals surface area contributed by atoms with Crippen LogP contribution < -0.4 is 5.32 Å². The second-order valence-electron chi connectivity index (χ2n) is 5.65. The molecule has 9 heteroatoms. The molecular weight excluding hydrogens is 366 g/mol. The van der Waals surface area contributed by atoms with Crippen LogP contribution in [0.15, 0.2) is 18.2 Å². The van der Waals surface area contributed by atoms with Crippen molar-refractivity contribution in [1.82, 2.24) is 15.1 Å². The van der Waals surface area contributed by atoms with E-state index in [1.54, 1.807) is 16.8 Å². The molecule has 0 unspecified atom stereocenters. The van der Waals surface area contributed by atoms with Crippen LogP contribution in [-0.2, 0) is 17.5 Å². The summed E-state index contributed by atoms with van der Waals surface area (Å²) < 4.78 is 38.4. The van der Waals surface area contributed by atoms with E-state index in [-0.39, 0.29) is 36.4 Å². The number of piperazine rings is 1. The first-order valence-electron chi connectivity index (χ1n) is 7.29. The van der Waals surface area contributed by atoms with Gasteiger partial charge in [-0.05, 0) is 30.8 Å². The number of benzene rings is 1. The van der Waals surface area contributed by atoms with E-state index in [1.807, 2.05) is 0 Å². The molecule has 0 aliphatic carbocycles. The van der Waals surface area contributed by atoms with Gasteiger partial charge in [0.25, 0.3) is 0 Å². The van der Waals surface area contributed by atoms with Crippen LogP contribution in [0.2, 0.25) is 5.02 Å².